The fourth-order valence-corrected chi connectivity index (χ4v) is 2.41. The summed E-state index contributed by atoms with van der Waals surface area (Å²) in [5.41, 5.74) is 2.97. The monoisotopic (exact) mass is 327 g/mol. The van der Waals surface area contributed by atoms with Crippen LogP contribution < -0.4 is 10.1 Å². The molecule has 2 aromatic heterocycles. The lowest BCUT2D eigenvalue weighted by atomic mass is 10.2. The number of aromatic nitrogens is 4. The largest absolute Gasteiger partial charge is 0.491 e. The minimum Gasteiger partial charge on any atom is -0.491 e. The topological polar surface area (TPSA) is 84.6 Å². The summed E-state index contributed by atoms with van der Waals surface area (Å²) in [5.74, 6) is 2.07. The number of nitrogens with one attached hydrogen (secondary N) is 1. The molecule has 2 N–H and O–H groups in total. The molecule has 0 aliphatic heterocycles. The van der Waals surface area contributed by atoms with Crippen molar-refractivity contribution in [3.8, 4) is 5.75 Å². The van der Waals surface area contributed by atoms with Crippen LogP contribution in [0, 0.1) is 20.8 Å². The second-order valence-corrected chi connectivity index (χ2v) is 5.80. The summed E-state index contributed by atoms with van der Waals surface area (Å²) in [6.45, 7) is 6.43. The number of fused-ring (bicyclic) bond motifs is 1. The van der Waals surface area contributed by atoms with Crippen molar-refractivity contribution in [2.75, 3.05) is 18.5 Å². The maximum Gasteiger partial charge on any atom is 0.254 e. The summed E-state index contributed by atoms with van der Waals surface area (Å²) >= 11 is 0. The van der Waals surface area contributed by atoms with Crippen LogP contribution in [0.5, 0.6) is 5.75 Å². The summed E-state index contributed by atoms with van der Waals surface area (Å²) < 4.78 is 7.26. The molecule has 0 saturated carbocycles. The molecular weight excluding hydrogens is 306 g/mol. The molecule has 2 heterocycles. The van der Waals surface area contributed by atoms with Crippen LogP contribution in [-0.2, 0) is 0 Å². The lowest BCUT2D eigenvalue weighted by molar-refractivity contribution is 0.117. The molecule has 1 aromatic carbocycles. The first kappa shape index (κ1) is 16.2. The minimum absolute atomic E-state index is 0.208. The number of nitrogens with zero attached hydrogens (tertiary/aromatic N) is 4. The summed E-state index contributed by atoms with van der Waals surface area (Å²) in [7, 11) is 0. The first-order chi connectivity index (χ1) is 11.5. The third-order valence-electron chi connectivity index (χ3n) is 3.84. The average Bonchev–Trinajstić information content (AvgIpc) is 3.01. The van der Waals surface area contributed by atoms with Gasteiger partial charge in [-0.25, -0.2) is 4.98 Å². The lowest BCUT2D eigenvalue weighted by Crippen LogP contribution is -2.27. The Kier molecular flexibility index (Phi) is 4.61. The summed E-state index contributed by atoms with van der Waals surface area (Å²) in [6, 6.07) is 7.75. The zero-order valence-corrected chi connectivity index (χ0v) is 14.0. The van der Waals surface area contributed by atoms with Crippen LogP contribution in [0.1, 0.15) is 16.8 Å². The van der Waals surface area contributed by atoms with Crippen molar-refractivity contribution in [1.82, 2.24) is 19.6 Å². The average molecular weight is 327 g/mol. The van der Waals surface area contributed by atoms with Crippen molar-refractivity contribution in [3.05, 3.63) is 47.4 Å². The molecule has 7 nitrogen and oxygen atoms in total. The number of ether oxygens (including phenoxy) is 1. The van der Waals surface area contributed by atoms with Gasteiger partial charge in [0, 0.05) is 17.8 Å². The van der Waals surface area contributed by atoms with Crippen molar-refractivity contribution in [2.45, 2.75) is 26.9 Å². The third kappa shape index (κ3) is 3.46. The van der Waals surface area contributed by atoms with Gasteiger partial charge in [0.2, 0.25) is 0 Å². The molecule has 0 aliphatic rings. The molecule has 0 fully saturated rings. The Hall–Kier alpha value is -2.67. The normalized spacial score (nSPS) is 12.3. The van der Waals surface area contributed by atoms with Gasteiger partial charge in [0.1, 0.15) is 30.6 Å². The minimum atomic E-state index is -0.656. The Morgan fingerprint density at radius 2 is 2.12 bits per heavy atom. The van der Waals surface area contributed by atoms with Gasteiger partial charge in [-0.2, -0.15) is 14.6 Å². The van der Waals surface area contributed by atoms with E-state index in [1.54, 1.807) is 4.52 Å². The van der Waals surface area contributed by atoms with Crippen LogP contribution in [0.15, 0.2) is 30.6 Å². The van der Waals surface area contributed by atoms with Gasteiger partial charge >= 0.3 is 0 Å². The Labute approximate surface area is 140 Å². The fraction of sp³-hybridized carbons (Fsp3) is 0.353. The van der Waals surface area contributed by atoms with E-state index in [1.807, 2.05) is 45.0 Å². The number of rotatable bonds is 6. The number of hydrogen-bond donors (Lipinski definition) is 2. The summed E-state index contributed by atoms with van der Waals surface area (Å²) in [5, 5.41) is 17.6. The van der Waals surface area contributed by atoms with E-state index in [-0.39, 0.29) is 6.61 Å². The molecule has 3 rings (SSSR count). The first-order valence-electron chi connectivity index (χ1n) is 7.83. The second kappa shape index (κ2) is 6.84. The highest BCUT2D eigenvalue weighted by atomic mass is 16.5. The highest BCUT2D eigenvalue weighted by molar-refractivity contribution is 5.51. The standard InChI is InChI=1S/C17H21N5O2/c1-11-5-4-6-15(7-11)24-9-14(23)8-18-16-12(2)13(3)21-17-19-10-20-22(16)17/h4-7,10,14,18,23H,8-9H2,1-3H3. The molecular formula is C17H21N5O2. The van der Waals surface area contributed by atoms with Gasteiger partial charge in [0.15, 0.2) is 0 Å². The van der Waals surface area contributed by atoms with Crippen LogP contribution in [0.4, 0.5) is 5.82 Å². The van der Waals surface area contributed by atoms with E-state index in [9.17, 15) is 5.11 Å². The number of hydrogen-bond acceptors (Lipinski definition) is 6. The smallest absolute Gasteiger partial charge is 0.254 e. The molecule has 24 heavy (non-hydrogen) atoms. The van der Waals surface area contributed by atoms with E-state index in [0.29, 0.717) is 12.3 Å². The molecule has 0 saturated heterocycles. The maximum atomic E-state index is 10.2. The van der Waals surface area contributed by atoms with Crippen molar-refractivity contribution in [3.63, 3.8) is 0 Å². The van der Waals surface area contributed by atoms with Crippen molar-refractivity contribution in [1.29, 1.82) is 0 Å². The highest BCUT2D eigenvalue weighted by Crippen LogP contribution is 2.18. The first-order valence-corrected chi connectivity index (χ1v) is 7.83. The number of aryl methyl sites for hydroxylation is 2. The van der Waals surface area contributed by atoms with E-state index in [1.165, 1.54) is 6.33 Å². The van der Waals surface area contributed by atoms with E-state index in [2.05, 4.69) is 20.4 Å². The van der Waals surface area contributed by atoms with Gasteiger partial charge in [0.05, 0.1) is 0 Å². The molecule has 0 spiro atoms. The number of benzene rings is 1. The van der Waals surface area contributed by atoms with Crippen LogP contribution >= 0.6 is 0 Å². The van der Waals surface area contributed by atoms with Crippen LogP contribution in [0.2, 0.25) is 0 Å². The SMILES string of the molecule is Cc1cccc(OCC(O)CNc2c(C)c(C)nc3ncnn23)c1. The van der Waals surface area contributed by atoms with Gasteiger partial charge < -0.3 is 15.2 Å². The van der Waals surface area contributed by atoms with Gasteiger partial charge in [-0.05, 0) is 38.5 Å². The van der Waals surface area contributed by atoms with Crippen molar-refractivity contribution in [2.24, 2.45) is 0 Å². The van der Waals surface area contributed by atoms with E-state index >= 15 is 0 Å². The van der Waals surface area contributed by atoms with Crippen molar-refractivity contribution >= 4 is 11.6 Å². The molecule has 1 atom stereocenters. The summed E-state index contributed by atoms with van der Waals surface area (Å²) in [6.07, 6.45) is 0.806. The quantitative estimate of drug-likeness (QED) is 0.719. The zero-order chi connectivity index (χ0) is 17.1. The van der Waals surface area contributed by atoms with Gasteiger partial charge in [-0.3, -0.25) is 0 Å². The molecule has 7 heteroatoms. The Bertz CT molecular complexity index is 846. The van der Waals surface area contributed by atoms with Crippen LogP contribution in [0.3, 0.4) is 0 Å². The zero-order valence-electron chi connectivity index (χ0n) is 14.0. The predicted octanol–water partition coefficient (Wildman–Crippen LogP) is 1.90. The maximum absolute atomic E-state index is 10.2. The number of aliphatic hydroxyl groups excluding tert-OH is 1. The Morgan fingerprint density at radius 1 is 1.29 bits per heavy atom. The Balaban J connectivity index is 1.63. The fourth-order valence-electron chi connectivity index (χ4n) is 2.41. The van der Waals surface area contributed by atoms with E-state index in [0.717, 1.165) is 28.4 Å². The second-order valence-electron chi connectivity index (χ2n) is 5.80. The number of anilines is 1. The molecule has 3 aromatic rings. The van der Waals surface area contributed by atoms with E-state index in [4.69, 9.17) is 4.74 Å². The van der Waals surface area contributed by atoms with Crippen molar-refractivity contribution < 1.29 is 9.84 Å². The highest BCUT2D eigenvalue weighted by Gasteiger charge is 2.13. The van der Waals surface area contributed by atoms with Gasteiger partial charge in [0.25, 0.3) is 5.78 Å². The molecule has 0 radical (unpaired) electrons. The van der Waals surface area contributed by atoms with Crippen LogP contribution in [0.25, 0.3) is 5.78 Å². The Morgan fingerprint density at radius 3 is 2.92 bits per heavy atom. The van der Waals surface area contributed by atoms with E-state index < -0.39 is 6.10 Å². The molecule has 0 bridgehead atoms. The molecule has 1 unspecified atom stereocenters. The number of aliphatic hydroxyl groups is 1. The molecule has 0 amide bonds. The lowest BCUT2D eigenvalue weighted by Gasteiger charge is -2.16. The molecule has 126 valence electrons. The van der Waals surface area contributed by atoms with Gasteiger partial charge in [-0.1, -0.05) is 12.1 Å². The third-order valence-corrected chi connectivity index (χ3v) is 3.84. The molecule has 0 aliphatic carbocycles. The predicted molar refractivity (Wildman–Crippen MR) is 91.4 cm³/mol. The van der Waals surface area contributed by atoms with Gasteiger partial charge in [-0.15, -0.1) is 0 Å². The summed E-state index contributed by atoms with van der Waals surface area (Å²) in [4.78, 5) is 8.48. The van der Waals surface area contributed by atoms with Crippen LogP contribution in [-0.4, -0.2) is 43.9 Å².